The minimum Gasteiger partial charge on any atom is -0.495 e. The number of hydrogen-bond acceptors (Lipinski definition) is 4. The molecule has 4 rings (SSSR count). The average Bonchev–Trinajstić information content (AvgIpc) is 3.22. The molecule has 3 aromatic carbocycles. The molecule has 2 amide bonds. The van der Waals surface area contributed by atoms with E-state index >= 15 is 0 Å². The van der Waals surface area contributed by atoms with Gasteiger partial charge in [0.15, 0.2) is 0 Å². The van der Waals surface area contributed by atoms with Crippen molar-refractivity contribution in [3.8, 4) is 11.5 Å². The summed E-state index contributed by atoms with van der Waals surface area (Å²) in [6.07, 6.45) is 0.773. The predicted molar refractivity (Wildman–Crippen MR) is 111 cm³/mol. The number of anilines is 2. The maximum absolute atomic E-state index is 13.4. The Labute approximate surface area is 172 Å². The number of nitrogens with one attached hydrogen (secondary N) is 2. The summed E-state index contributed by atoms with van der Waals surface area (Å²) >= 11 is 0. The van der Waals surface area contributed by atoms with E-state index in [0.717, 1.165) is 23.8 Å². The number of methoxy groups -OCH3 is 1. The Bertz CT molecular complexity index is 1130. The Morgan fingerprint density at radius 2 is 1.77 bits per heavy atom. The molecule has 0 fully saturated rings. The van der Waals surface area contributed by atoms with E-state index in [4.69, 9.17) is 9.47 Å². The normalized spacial score (nSPS) is 11.9. The van der Waals surface area contributed by atoms with Crippen LogP contribution < -0.4 is 20.1 Å². The zero-order valence-corrected chi connectivity index (χ0v) is 16.2. The van der Waals surface area contributed by atoms with Crippen molar-refractivity contribution in [2.75, 3.05) is 24.4 Å². The lowest BCUT2D eigenvalue weighted by molar-refractivity contribution is 0.101. The summed E-state index contributed by atoms with van der Waals surface area (Å²) in [5, 5.41) is 5.51. The molecule has 2 N–H and O–H groups in total. The van der Waals surface area contributed by atoms with Crippen LogP contribution in [-0.4, -0.2) is 25.5 Å². The molecule has 1 aliphatic heterocycles. The highest BCUT2D eigenvalue weighted by molar-refractivity contribution is 6.07. The van der Waals surface area contributed by atoms with Gasteiger partial charge in [-0.2, -0.15) is 0 Å². The minimum absolute atomic E-state index is 0.173. The number of amides is 2. The lowest BCUT2D eigenvalue weighted by atomic mass is 10.1. The quantitative estimate of drug-likeness (QED) is 0.663. The van der Waals surface area contributed by atoms with Crippen LogP contribution in [0.15, 0.2) is 60.7 Å². The Hall–Kier alpha value is -3.87. The largest absolute Gasteiger partial charge is 0.495 e. The fraction of sp³-hybridized carbons (Fsp3) is 0.130. The molecule has 3 aromatic rings. The Morgan fingerprint density at radius 3 is 2.57 bits per heavy atom. The molecule has 30 heavy (non-hydrogen) atoms. The van der Waals surface area contributed by atoms with Crippen LogP contribution in [0.2, 0.25) is 0 Å². The zero-order chi connectivity index (χ0) is 21.1. The van der Waals surface area contributed by atoms with Gasteiger partial charge in [-0.05, 0) is 60.2 Å². The molecule has 0 saturated heterocycles. The van der Waals surface area contributed by atoms with Crippen molar-refractivity contribution in [3.63, 3.8) is 0 Å². The maximum Gasteiger partial charge on any atom is 0.255 e. The van der Waals surface area contributed by atoms with Crippen LogP contribution in [0.25, 0.3) is 0 Å². The summed E-state index contributed by atoms with van der Waals surface area (Å²) < 4.78 is 24.2. The van der Waals surface area contributed by atoms with Crippen molar-refractivity contribution in [3.05, 3.63) is 83.2 Å². The van der Waals surface area contributed by atoms with Gasteiger partial charge in [0.05, 0.1) is 19.4 Å². The van der Waals surface area contributed by atoms with E-state index in [2.05, 4.69) is 10.6 Å². The fourth-order valence-electron chi connectivity index (χ4n) is 3.24. The number of fused-ring (bicyclic) bond motifs is 1. The average molecular weight is 406 g/mol. The summed E-state index contributed by atoms with van der Waals surface area (Å²) in [6.45, 7) is 0.618. The van der Waals surface area contributed by atoms with Gasteiger partial charge in [0.1, 0.15) is 17.3 Å². The molecule has 0 radical (unpaired) electrons. The first-order valence-corrected chi connectivity index (χ1v) is 9.35. The molecule has 0 aromatic heterocycles. The molecule has 0 saturated carbocycles. The summed E-state index contributed by atoms with van der Waals surface area (Å²) in [6, 6.07) is 15.6. The highest BCUT2D eigenvalue weighted by atomic mass is 19.1. The monoisotopic (exact) mass is 406 g/mol. The molecule has 7 heteroatoms. The fourth-order valence-corrected chi connectivity index (χ4v) is 3.24. The Morgan fingerprint density at radius 1 is 0.967 bits per heavy atom. The van der Waals surface area contributed by atoms with Gasteiger partial charge >= 0.3 is 0 Å². The third kappa shape index (κ3) is 4.10. The third-order valence-corrected chi connectivity index (χ3v) is 4.74. The smallest absolute Gasteiger partial charge is 0.255 e. The Balaban J connectivity index is 1.53. The predicted octanol–water partition coefficient (Wildman–Crippen LogP) is 4.27. The summed E-state index contributed by atoms with van der Waals surface area (Å²) in [7, 11) is 1.47. The van der Waals surface area contributed by atoms with Crippen molar-refractivity contribution in [1.29, 1.82) is 0 Å². The molecule has 0 spiro atoms. The molecule has 0 aliphatic carbocycles. The van der Waals surface area contributed by atoms with Gasteiger partial charge in [0.25, 0.3) is 11.8 Å². The first-order valence-electron chi connectivity index (χ1n) is 9.35. The third-order valence-electron chi connectivity index (χ3n) is 4.74. The van der Waals surface area contributed by atoms with Gasteiger partial charge in [-0.1, -0.05) is 6.07 Å². The second-order valence-corrected chi connectivity index (χ2v) is 6.75. The second kappa shape index (κ2) is 8.24. The van der Waals surface area contributed by atoms with Crippen molar-refractivity contribution in [1.82, 2.24) is 0 Å². The molecule has 152 valence electrons. The second-order valence-electron chi connectivity index (χ2n) is 6.75. The van der Waals surface area contributed by atoms with E-state index in [-0.39, 0.29) is 11.5 Å². The molecular formula is C23H19FN2O4. The number of rotatable bonds is 5. The highest BCUT2D eigenvalue weighted by Crippen LogP contribution is 2.30. The van der Waals surface area contributed by atoms with Gasteiger partial charge in [0.2, 0.25) is 0 Å². The first-order chi connectivity index (χ1) is 14.5. The van der Waals surface area contributed by atoms with E-state index < -0.39 is 11.7 Å². The number of hydrogen-bond donors (Lipinski definition) is 2. The van der Waals surface area contributed by atoms with Crippen LogP contribution in [0.1, 0.15) is 26.3 Å². The van der Waals surface area contributed by atoms with Crippen molar-refractivity contribution < 1.29 is 23.5 Å². The molecular weight excluding hydrogens is 387 g/mol. The number of carbonyl (C=O) groups is 2. The minimum atomic E-state index is -0.504. The lowest BCUT2D eigenvalue weighted by Gasteiger charge is -2.13. The highest BCUT2D eigenvalue weighted by Gasteiger charge is 2.16. The summed E-state index contributed by atoms with van der Waals surface area (Å²) in [5.74, 6) is -0.0617. The van der Waals surface area contributed by atoms with E-state index in [0.29, 0.717) is 29.3 Å². The van der Waals surface area contributed by atoms with Crippen LogP contribution in [-0.2, 0) is 6.42 Å². The standard InChI is InChI=1S/C23H19FN2O4/c1-29-21-8-6-18(13-19(21)26-23(28)15-3-2-4-17(24)12-15)25-22(27)16-5-7-20-14(11-16)9-10-30-20/h2-8,11-13H,9-10H2,1H3,(H,25,27)(H,26,28). The van der Waals surface area contributed by atoms with Crippen LogP contribution in [0.4, 0.5) is 15.8 Å². The number of ether oxygens (including phenoxy) is 2. The maximum atomic E-state index is 13.4. The number of halogens is 1. The molecule has 0 unspecified atom stereocenters. The van der Waals surface area contributed by atoms with E-state index in [1.165, 1.54) is 25.3 Å². The van der Waals surface area contributed by atoms with E-state index in [9.17, 15) is 14.0 Å². The van der Waals surface area contributed by atoms with Gasteiger partial charge in [-0.15, -0.1) is 0 Å². The van der Waals surface area contributed by atoms with Crippen molar-refractivity contribution >= 4 is 23.2 Å². The van der Waals surface area contributed by atoms with Gasteiger partial charge in [-0.3, -0.25) is 9.59 Å². The van der Waals surface area contributed by atoms with Crippen molar-refractivity contribution in [2.45, 2.75) is 6.42 Å². The zero-order valence-electron chi connectivity index (χ0n) is 16.2. The van der Waals surface area contributed by atoms with Gasteiger partial charge in [0, 0.05) is 23.2 Å². The van der Waals surface area contributed by atoms with Crippen LogP contribution in [0.3, 0.4) is 0 Å². The van der Waals surface area contributed by atoms with Crippen LogP contribution >= 0.6 is 0 Å². The SMILES string of the molecule is COc1ccc(NC(=O)c2ccc3c(c2)CCO3)cc1NC(=O)c1cccc(F)c1. The van der Waals surface area contributed by atoms with Crippen molar-refractivity contribution in [2.24, 2.45) is 0 Å². The van der Waals surface area contributed by atoms with Crippen LogP contribution in [0, 0.1) is 5.82 Å². The molecule has 1 heterocycles. The van der Waals surface area contributed by atoms with E-state index in [1.54, 1.807) is 30.3 Å². The van der Waals surface area contributed by atoms with Gasteiger partial charge in [-0.25, -0.2) is 4.39 Å². The topological polar surface area (TPSA) is 76.7 Å². The molecule has 0 bridgehead atoms. The summed E-state index contributed by atoms with van der Waals surface area (Å²) in [5.41, 5.74) is 2.52. The first kappa shape index (κ1) is 19.4. The van der Waals surface area contributed by atoms with E-state index in [1.807, 2.05) is 6.07 Å². The molecule has 0 atom stereocenters. The molecule has 6 nitrogen and oxygen atoms in total. The van der Waals surface area contributed by atoms with Gasteiger partial charge < -0.3 is 20.1 Å². The lowest BCUT2D eigenvalue weighted by Crippen LogP contribution is -2.15. The number of benzene rings is 3. The molecule has 1 aliphatic rings. The Kier molecular flexibility index (Phi) is 5.34. The number of carbonyl (C=O) groups excluding carboxylic acids is 2. The summed E-state index contributed by atoms with van der Waals surface area (Å²) in [4.78, 5) is 25.1. The van der Waals surface area contributed by atoms with Crippen LogP contribution in [0.5, 0.6) is 11.5 Å².